The number of pyridine rings is 1. The van der Waals surface area contributed by atoms with Crippen LogP contribution in [0.25, 0.3) is 0 Å². The molecule has 110 valence electrons. The molecule has 1 rings (SSSR count). The van der Waals surface area contributed by atoms with E-state index in [-0.39, 0.29) is 22.4 Å². The molecule has 1 aromatic rings. The number of hydrogen-bond donors (Lipinski definition) is 2. The predicted octanol–water partition coefficient (Wildman–Crippen LogP) is 1.97. The number of aliphatic carboxylic acids is 1. The van der Waals surface area contributed by atoms with Crippen LogP contribution in [0.2, 0.25) is 5.02 Å². The van der Waals surface area contributed by atoms with E-state index in [9.17, 15) is 9.59 Å². The molecule has 0 aliphatic heterocycles. The summed E-state index contributed by atoms with van der Waals surface area (Å²) in [5.41, 5.74) is 0.186. The zero-order valence-electron chi connectivity index (χ0n) is 11.5. The molecule has 0 aliphatic rings. The van der Waals surface area contributed by atoms with Crippen molar-refractivity contribution in [2.75, 3.05) is 6.61 Å². The van der Waals surface area contributed by atoms with Crippen molar-refractivity contribution < 1.29 is 19.4 Å². The van der Waals surface area contributed by atoms with Gasteiger partial charge in [0.05, 0.1) is 12.2 Å². The highest BCUT2D eigenvalue weighted by Crippen LogP contribution is 2.22. The minimum atomic E-state index is -1.08. The zero-order chi connectivity index (χ0) is 15.3. The second-order valence-electron chi connectivity index (χ2n) is 4.48. The number of nitrogens with zero attached hydrogens (tertiary/aromatic N) is 1. The van der Waals surface area contributed by atoms with E-state index in [0.717, 1.165) is 0 Å². The monoisotopic (exact) mass is 300 g/mol. The molecule has 20 heavy (non-hydrogen) atoms. The van der Waals surface area contributed by atoms with Crippen molar-refractivity contribution >= 4 is 23.5 Å². The number of ether oxygens (including phenoxy) is 1. The fourth-order valence-corrected chi connectivity index (χ4v) is 1.75. The molecular formula is C13H17ClN2O4. The Morgan fingerprint density at radius 2 is 2.15 bits per heavy atom. The van der Waals surface area contributed by atoms with E-state index in [0.29, 0.717) is 6.61 Å². The van der Waals surface area contributed by atoms with Gasteiger partial charge in [0.1, 0.15) is 11.1 Å². The lowest BCUT2D eigenvalue weighted by Crippen LogP contribution is -2.44. The molecule has 0 saturated carbocycles. The smallest absolute Gasteiger partial charge is 0.326 e. The van der Waals surface area contributed by atoms with Crippen LogP contribution in [-0.4, -0.2) is 34.6 Å². The van der Waals surface area contributed by atoms with Crippen molar-refractivity contribution in [3.05, 3.63) is 22.8 Å². The molecule has 0 radical (unpaired) electrons. The van der Waals surface area contributed by atoms with E-state index >= 15 is 0 Å². The van der Waals surface area contributed by atoms with Crippen LogP contribution < -0.4 is 10.1 Å². The van der Waals surface area contributed by atoms with Gasteiger partial charge in [-0.05, 0) is 18.9 Å². The standard InChI is InChI=1S/C13H17ClN2O4/c1-4-20-12-9(14)5-8(6-15-12)11(17)16-10(7(2)3)13(18)19/h5-7,10H,4H2,1-3H3,(H,16,17)(H,18,19)/t10-/m1/s1. The van der Waals surface area contributed by atoms with Gasteiger partial charge in [-0.15, -0.1) is 0 Å². The fraction of sp³-hybridized carbons (Fsp3) is 0.462. The molecule has 1 atom stereocenters. The average Bonchev–Trinajstić information content (AvgIpc) is 2.37. The van der Waals surface area contributed by atoms with Crippen LogP contribution in [-0.2, 0) is 4.79 Å². The first kappa shape index (κ1) is 16.2. The summed E-state index contributed by atoms with van der Waals surface area (Å²) in [4.78, 5) is 26.9. The summed E-state index contributed by atoms with van der Waals surface area (Å²) in [5, 5.41) is 11.7. The highest BCUT2D eigenvalue weighted by atomic mass is 35.5. The van der Waals surface area contributed by atoms with Crippen LogP contribution in [0.15, 0.2) is 12.3 Å². The van der Waals surface area contributed by atoms with Gasteiger partial charge in [-0.25, -0.2) is 9.78 Å². The highest BCUT2D eigenvalue weighted by Gasteiger charge is 2.24. The first-order chi connectivity index (χ1) is 9.36. The average molecular weight is 301 g/mol. The number of carbonyl (C=O) groups excluding carboxylic acids is 1. The minimum Gasteiger partial charge on any atom is -0.480 e. The number of amides is 1. The number of halogens is 1. The van der Waals surface area contributed by atoms with E-state index in [4.69, 9.17) is 21.4 Å². The summed E-state index contributed by atoms with van der Waals surface area (Å²) in [5.74, 6) is -1.62. The molecule has 0 saturated heterocycles. The van der Waals surface area contributed by atoms with Crippen molar-refractivity contribution in [2.24, 2.45) is 5.92 Å². The third-order valence-electron chi connectivity index (χ3n) is 2.57. The van der Waals surface area contributed by atoms with Crippen LogP contribution in [0.4, 0.5) is 0 Å². The fourth-order valence-electron chi connectivity index (χ4n) is 1.53. The molecule has 7 heteroatoms. The number of hydrogen-bond acceptors (Lipinski definition) is 4. The Kier molecular flexibility index (Phi) is 5.76. The molecule has 0 fully saturated rings. The quantitative estimate of drug-likeness (QED) is 0.838. The van der Waals surface area contributed by atoms with Gasteiger partial charge in [-0.2, -0.15) is 0 Å². The third-order valence-corrected chi connectivity index (χ3v) is 2.84. The number of carbonyl (C=O) groups is 2. The van der Waals surface area contributed by atoms with Gasteiger partial charge in [0, 0.05) is 6.20 Å². The maximum absolute atomic E-state index is 12.0. The van der Waals surface area contributed by atoms with Crippen LogP contribution in [0.1, 0.15) is 31.1 Å². The molecule has 0 aliphatic carbocycles. The van der Waals surface area contributed by atoms with Gasteiger partial charge in [-0.1, -0.05) is 25.4 Å². The Morgan fingerprint density at radius 3 is 2.60 bits per heavy atom. The first-order valence-corrected chi connectivity index (χ1v) is 6.56. The zero-order valence-corrected chi connectivity index (χ0v) is 12.3. The van der Waals surface area contributed by atoms with E-state index in [2.05, 4.69) is 10.3 Å². The van der Waals surface area contributed by atoms with Gasteiger partial charge < -0.3 is 15.2 Å². The van der Waals surface area contributed by atoms with Crippen molar-refractivity contribution in [1.29, 1.82) is 0 Å². The highest BCUT2D eigenvalue weighted by molar-refractivity contribution is 6.32. The van der Waals surface area contributed by atoms with Gasteiger partial charge >= 0.3 is 5.97 Å². The Hall–Kier alpha value is -1.82. The maximum atomic E-state index is 12.0. The Bertz CT molecular complexity index is 505. The van der Waals surface area contributed by atoms with Gasteiger partial charge in [0.15, 0.2) is 0 Å². The van der Waals surface area contributed by atoms with Crippen molar-refractivity contribution in [1.82, 2.24) is 10.3 Å². The molecule has 1 heterocycles. The molecule has 0 aromatic carbocycles. The third kappa shape index (κ3) is 4.09. The van der Waals surface area contributed by atoms with Gasteiger partial charge in [0.25, 0.3) is 5.91 Å². The molecule has 0 spiro atoms. The molecular weight excluding hydrogens is 284 g/mol. The SMILES string of the molecule is CCOc1ncc(C(=O)N[C@@H](C(=O)O)C(C)C)cc1Cl. The maximum Gasteiger partial charge on any atom is 0.326 e. The van der Waals surface area contributed by atoms with E-state index in [1.165, 1.54) is 12.3 Å². The lowest BCUT2D eigenvalue weighted by molar-refractivity contribution is -0.140. The van der Waals surface area contributed by atoms with Crippen molar-refractivity contribution in [3.8, 4) is 5.88 Å². The molecule has 2 N–H and O–H groups in total. The van der Waals surface area contributed by atoms with Gasteiger partial charge in [-0.3, -0.25) is 4.79 Å². The van der Waals surface area contributed by atoms with Gasteiger partial charge in [0.2, 0.25) is 5.88 Å². The lowest BCUT2D eigenvalue weighted by Gasteiger charge is -2.17. The van der Waals surface area contributed by atoms with Crippen molar-refractivity contribution in [3.63, 3.8) is 0 Å². The number of nitrogens with one attached hydrogen (secondary N) is 1. The summed E-state index contributed by atoms with van der Waals surface area (Å²) in [6, 6.07) is 0.432. The van der Waals surface area contributed by atoms with Crippen LogP contribution in [0.5, 0.6) is 5.88 Å². The largest absolute Gasteiger partial charge is 0.480 e. The molecule has 0 unspecified atom stereocenters. The summed E-state index contributed by atoms with van der Waals surface area (Å²) in [6.07, 6.45) is 1.30. The number of rotatable bonds is 6. The Labute approximate surface area is 122 Å². The van der Waals surface area contributed by atoms with E-state index < -0.39 is 17.9 Å². The first-order valence-electron chi connectivity index (χ1n) is 6.18. The molecule has 0 bridgehead atoms. The molecule has 1 amide bonds. The van der Waals surface area contributed by atoms with Crippen molar-refractivity contribution in [2.45, 2.75) is 26.8 Å². The minimum absolute atomic E-state index is 0.186. The number of aromatic nitrogens is 1. The molecule has 6 nitrogen and oxygen atoms in total. The topological polar surface area (TPSA) is 88.5 Å². The van der Waals surface area contributed by atoms with Crippen LogP contribution in [0.3, 0.4) is 0 Å². The van der Waals surface area contributed by atoms with E-state index in [1.807, 2.05) is 0 Å². The Balaban J connectivity index is 2.87. The predicted molar refractivity (Wildman–Crippen MR) is 74.1 cm³/mol. The second-order valence-corrected chi connectivity index (χ2v) is 4.88. The lowest BCUT2D eigenvalue weighted by atomic mass is 10.0. The summed E-state index contributed by atoms with van der Waals surface area (Å²) < 4.78 is 5.16. The Morgan fingerprint density at radius 1 is 1.50 bits per heavy atom. The summed E-state index contributed by atoms with van der Waals surface area (Å²) in [6.45, 7) is 5.62. The van der Waals surface area contributed by atoms with Crippen LogP contribution >= 0.6 is 11.6 Å². The summed E-state index contributed by atoms with van der Waals surface area (Å²) in [7, 11) is 0. The van der Waals surface area contributed by atoms with Crippen LogP contribution in [0, 0.1) is 5.92 Å². The second kappa shape index (κ2) is 7.09. The molecule has 1 aromatic heterocycles. The number of carboxylic acids is 1. The summed E-state index contributed by atoms with van der Waals surface area (Å²) >= 11 is 5.93. The van der Waals surface area contributed by atoms with E-state index in [1.54, 1.807) is 20.8 Å². The normalized spacial score (nSPS) is 12.1. The number of carboxylic acid groups (broad SMARTS) is 1.